The van der Waals surface area contributed by atoms with E-state index in [9.17, 15) is 4.79 Å². The Morgan fingerprint density at radius 1 is 1.50 bits per heavy atom. The molecule has 1 aliphatic rings. The summed E-state index contributed by atoms with van der Waals surface area (Å²) in [6.45, 7) is 1.45. The van der Waals surface area contributed by atoms with Crippen molar-refractivity contribution in [1.82, 2.24) is 14.7 Å². The second-order valence-corrected chi connectivity index (χ2v) is 3.93. The van der Waals surface area contributed by atoms with E-state index in [1.54, 1.807) is 11.1 Å². The van der Waals surface area contributed by atoms with Gasteiger partial charge in [-0.1, -0.05) is 0 Å². The highest BCUT2D eigenvalue weighted by Crippen LogP contribution is 2.21. The molecule has 0 aliphatic carbocycles. The summed E-state index contributed by atoms with van der Waals surface area (Å²) in [4.78, 5) is 13.2. The van der Waals surface area contributed by atoms with Gasteiger partial charge in [-0.3, -0.25) is 9.48 Å². The second-order valence-electron chi connectivity index (χ2n) is 3.93. The number of aromatic nitrogens is 2. The van der Waals surface area contributed by atoms with Gasteiger partial charge in [0.2, 0.25) is 5.91 Å². The van der Waals surface area contributed by atoms with Crippen molar-refractivity contribution in [2.45, 2.75) is 25.3 Å². The number of nitrogens with zero attached hydrogens (tertiary/aromatic N) is 4. The number of hydrogen-bond donors (Lipinski definition) is 0. The maximum Gasteiger partial charge on any atom is 0.236 e. The van der Waals surface area contributed by atoms with Crippen LogP contribution in [0.4, 0.5) is 0 Å². The molecule has 0 atom stereocenters. The molecule has 0 saturated carbocycles. The molecule has 0 N–H and O–H groups in total. The monoisotopic (exact) mass is 218 g/mol. The van der Waals surface area contributed by atoms with Crippen LogP contribution in [-0.2, 0) is 4.79 Å². The van der Waals surface area contributed by atoms with E-state index in [0.717, 1.165) is 25.9 Å². The van der Waals surface area contributed by atoms with Gasteiger partial charge in [0, 0.05) is 25.5 Å². The van der Waals surface area contributed by atoms with Crippen molar-refractivity contribution < 1.29 is 4.79 Å². The highest BCUT2D eigenvalue weighted by Gasteiger charge is 2.23. The quantitative estimate of drug-likeness (QED) is 0.742. The lowest BCUT2D eigenvalue weighted by atomic mass is 10.1. The van der Waals surface area contributed by atoms with E-state index in [1.807, 2.05) is 23.0 Å². The molecule has 0 radical (unpaired) electrons. The van der Waals surface area contributed by atoms with Crippen LogP contribution >= 0.6 is 0 Å². The maximum atomic E-state index is 11.5. The smallest absolute Gasteiger partial charge is 0.236 e. The average molecular weight is 218 g/mol. The standard InChI is InChI=1S/C11H14N4O/c12-5-2-11(16)14-8-3-10(4-9-14)15-7-1-6-13-15/h1,6-7,10H,2-4,8-9H2. The Hall–Kier alpha value is -1.83. The van der Waals surface area contributed by atoms with E-state index in [4.69, 9.17) is 5.26 Å². The SMILES string of the molecule is N#CCC(=O)N1CCC(n2cccn2)CC1. The second kappa shape index (κ2) is 4.79. The summed E-state index contributed by atoms with van der Waals surface area (Å²) in [5, 5.41) is 12.7. The fourth-order valence-corrected chi connectivity index (χ4v) is 2.06. The van der Waals surface area contributed by atoms with Crippen LogP contribution in [-0.4, -0.2) is 33.7 Å². The van der Waals surface area contributed by atoms with E-state index >= 15 is 0 Å². The van der Waals surface area contributed by atoms with Crippen LogP contribution in [0.15, 0.2) is 18.5 Å². The van der Waals surface area contributed by atoms with Crippen LogP contribution in [0.3, 0.4) is 0 Å². The zero-order valence-electron chi connectivity index (χ0n) is 9.04. The molecule has 1 amide bonds. The third-order valence-corrected chi connectivity index (χ3v) is 2.95. The van der Waals surface area contributed by atoms with Gasteiger partial charge in [-0.2, -0.15) is 10.4 Å². The average Bonchev–Trinajstić information content (AvgIpc) is 2.83. The molecule has 5 nitrogen and oxygen atoms in total. The lowest BCUT2D eigenvalue weighted by Crippen LogP contribution is -2.38. The number of carbonyl (C=O) groups excluding carboxylic acids is 1. The molecule has 16 heavy (non-hydrogen) atoms. The molecule has 1 aliphatic heterocycles. The lowest BCUT2D eigenvalue weighted by Gasteiger charge is -2.31. The van der Waals surface area contributed by atoms with Gasteiger partial charge in [0.1, 0.15) is 6.42 Å². The summed E-state index contributed by atoms with van der Waals surface area (Å²) < 4.78 is 1.95. The first-order valence-electron chi connectivity index (χ1n) is 5.45. The number of amides is 1. The predicted molar refractivity (Wildman–Crippen MR) is 57.3 cm³/mol. The summed E-state index contributed by atoms with van der Waals surface area (Å²) in [5.41, 5.74) is 0. The third kappa shape index (κ3) is 2.22. The summed E-state index contributed by atoms with van der Waals surface area (Å²) in [6, 6.07) is 4.19. The first-order chi connectivity index (χ1) is 7.81. The van der Waals surface area contributed by atoms with Crippen molar-refractivity contribution in [3.63, 3.8) is 0 Å². The zero-order valence-corrected chi connectivity index (χ0v) is 9.04. The van der Waals surface area contributed by atoms with E-state index in [2.05, 4.69) is 5.10 Å². The Labute approximate surface area is 94.3 Å². The molecular weight excluding hydrogens is 204 g/mol. The zero-order chi connectivity index (χ0) is 11.4. The first-order valence-corrected chi connectivity index (χ1v) is 5.45. The van der Waals surface area contributed by atoms with Crippen molar-refractivity contribution in [2.75, 3.05) is 13.1 Å². The minimum atomic E-state index is -0.0542. The molecule has 1 saturated heterocycles. The van der Waals surface area contributed by atoms with Gasteiger partial charge in [-0.25, -0.2) is 0 Å². The van der Waals surface area contributed by atoms with E-state index < -0.39 is 0 Å². The number of likely N-dealkylation sites (tertiary alicyclic amines) is 1. The summed E-state index contributed by atoms with van der Waals surface area (Å²) in [6.07, 6.45) is 5.55. The molecule has 1 fully saturated rings. The highest BCUT2D eigenvalue weighted by atomic mass is 16.2. The van der Waals surface area contributed by atoms with Crippen molar-refractivity contribution >= 4 is 5.91 Å². The van der Waals surface area contributed by atoms with Gasteiger partial charge in [0.25, 0.3) is 0 Å². The summed E-state index contributed by atoms with van der Waals surface area (Å²) in [7, 11) is 0. The molecule has 0 unspecified atom stereocenters. The largest absolute Gasteiger partial charge is 0.342 e. The molecule has 0 aromatic carbocycles. The predicted octanol–water partition coefficient (Wildman–Crippen LogP) is 0.960. The van der Waals surface area contributed by atoms with Gasteiger partial charge >= 0.3 is 0 Å². The first kappa shape index (κ1) is 10.7. The van der Waals surface area contributed by atoms with Crippen molar-refractivity contribution in [2.24, 2.45) is 0 Å². The van der Waals surface area contributed by atoms with Crippen LogP contribution in [0.25, 0.3) is 0 Å². The van der Waals surface area contributed by atoms with Crippen LogP contribution in [0.5, 0.6) is 0 Å². The lowest BCUT2D eigenvalue weighted by molar-refractivity contribution is -0.131. The maximum absolute atomic E-state index is 11.5. The Bertz CT molecular complexity index is 385. The minimum absolute atomic E-state index is 0.00750. The van der Waals surface area contributed by atoms with Crippen LogP contribution in [0.2, 0.25) is 0 Å². The Balaban J connectivity index is 1.88. The molecule has 5 heteroatoms. The number of piperidine rings is 1. The molecule has 1 aromatic rings. The fraction of sp³-hybridized carbons (Fsp3) is 0.545. The number of hydrogen-bond acceptors (Lipinski definition) is 3. The number of carbonyl (C=O) groups is 1. The van der Waals surface area contributed by atoms with Gasteiger partial charge < -0.3 is 4.90 Å². The van der Waals surface area contributed by atoms with E-state index in [-0.39, 0.29) is 12.3 Å². The van der Waals surface area contributed by atoms with Crippen molar-refractivity contribution in [3.05, 3.63) is 18.5 Å². The Morgan fingerprint density at radius 2 is 2.25 bits per heavy atom. The van der Waals surface area contributed by atoms with Crippen molar-refractivity contribution in [1.29, 1.82) is 5.26 Å². The molecule has 0 bridgehead atoms. The molecule has 1 aromatic heterocycles. The summed E-state index contributed by atoms with van der Waals surface area (Å²) >= 11 is 0. The van der Waals surface area contributed by atoms with Gasteiger partial charge in [0.15, 0.2) is 0 Å². The summed E-state index contributed by atoms with van der Waals surface area (Å²) in [5.74, 6) is -0.0542. The molecule has 84 valence electrons. The molecule has 2 heterocycles. The molecule has 2 rings (SSSR count). The Kier molecular flexibility index (Phi) is 3.20. The van der Waals surface area contributed by atoms with Gasteiger partial charge in [-0.15, -0.1) is 0 Å². The number of nitriles is 1. The van der Waals surface area contributed by atoms with Crippen LogP contribution in [0.1, 0.15) is 25.3 Å². The third-order valence-electron chi connectivity index (χ3n) is 2.95. The van der Waals surface area contributed by atoms with Crippen LogP contribution in [0, 0.1) is 11.3 Å². The normalized spacial score (nSPS) is 17.1. The number of rotatable bonds is 2. The van der Waals surface area contributed by atoms with Gasteiger partial charge in [-0.05, 0) is 18.9 Å². The van der Waals surface area contributed by atoms with Gasteiger partial charge in [0.05, 0.1) is 12.1 Å². The Morgan fingerprint density at radius 3 is 2.81 bits per heavy atom. The van der Waals surface area contributed by atoms with E-state index in [0.29, 0.717) is 6.04 Å². The van der Waals surface area contributed by atoms with Crippen LogP contribution < -0.4 is 0 Å². The van der Waals surface area contributed by atoms with E-state index in [1.165, 1.54) is 0 Å². The fourth-order valence-electron chi connectivity index (χ4n) is 2.06. The molecule has 0 spiro atoms. The topological polar surface area (TPSA) is 61.9 Å². The highest BCUT2D eigenvalue weighted by molar-refractivity contribution is 5.78. The van der Waals surface area contributed by atoms with Crippen molar-refractivity contribution in [3.8, 4) is 6.07 Å². The molecular formula is C11H14N4O. The minimum Gasteiger partial charge on any atom is -0.342 e.